The monoisotopic (exact) mass is 137 g/mol. The topological polar surface area (TPSA) is 67.0 Å². The third-order valence-electron chi connectivity index (χ3n) is 1.52. The first-order valence-corrected chi connectivity index (χ1v) is 2.92. The maximum absolute atomic E-state index is 9.10. The van der Waals surface area contributed by atoms with E-state index in [4.69, 9.17) is 10.9 Å². The van der Waals surface area contributed by atoms with E-state index in [1.54, 1.807) is 12.3 Å². The van der Waals surface area contributed by atoms with Crippen LogP contribution in [0, 0.1) is 0 Å². The highest BCUT2D eigenvalue weighted by molar-refractivity contribution is 5.88. The number of nitrogens with one attached hydrogen (secondary N) is 1. The zero-order valence-electron chi connectivity index (χ0n) is 5.20. The van der Waals surface area contributed by atoms with Crippen LogP contribution in [-0.4, -0.2) is 14.9 Å². The number of nitrogen functional groups attached to an aromatic ring is 1. The van der Waals surface area contributed by atoms with Crippen LogP contribution in [0.2, 0.25) is 0 Å². The Morgan fingerprint density at radius 2 is 2.40 bits per heavy atom. The molecule has 0 aliphatic carbocycles. The van der Waals surface area contributed by atoms with Crippen molar-refractivity contribution in [2.45, 2.75) is 0 Å². The van der Waals surface area contributed by atoms with Crippen LogP contribution in [0.25, 0.3) is 11.0 Å². The standard InChI is InChI=1S/C6H7N3O/c7-4-3-9(10)5-1-2-8-6(4)5/h1-3,8,10H,7H2. The zero-order chi connectivity index (χ0) is 7.14. The second-order valence-corrected chi connectivity index (χ2v) is 2.17. The van der Waals surface area contributed by atoms with Crippen LogP contribution in [-0.2, 0) is 0 Å². The summed E-state index contributed by atoms with van der Waals surface area (Å²) in [7, 11) is 0. The van der Waals surface area contributed by atoms with Gasteiger partial charge in [-0.05, 0) is 6.07 Å². The van der Waals surface area contributed by atoms with Crippen LogP contribution < -0.4 is 5.73 Å². The van der Waals surface area contributed by atoms with Crippen molar-refractivity contribution in [3.63, 3.8) is 0 Å². The molecule has 0 amide bonds. The van der Waals surface area contributed by atoms with Gasteiger partial charge in [-0.1, -0.05) is 0 Å². The van der Waals surface area contributed by atoms with Crippen LogP contribution in [0.1, 0.15) is 0 Å². The third-order valence-corrected chi connectivity index (χ3v) is 1.52. The first kappa shape index (κ1) is 5.22. The van der Waals surface area contributed by atoms with Crippen LogP contribution in [0.5, 0.6) is 0 Å². The Bertz CT molecular complexity index is 328. The van der Waals surface area contributed by atoms with Crippen molar-refractivity contribution in [1.29, 1.82) is 0 Å². The van der Waals surface area contributed by atoms with Gasteiger partial charge < -0.3 is 15.9 Å². The second-order valence-electron chi connectivity index (χ2n) is 2.17. The van der Waals surface area contributed by atoms with E-state index in [2.05, 4.69) is 4.98 Å². The highest BCUT2D eigenvalue weighted by Crippen LogP contribution is 2.19. The summed E-state index contributed by atoms with van der Waals surface area (Å²) in [6.07, 6.45) is 3.19. The number of anilines is 1. The minimum Gasteiger partial charge on any atom is -0.428 e. The molecule has 0 bridgehead atoms. The van der Waals surface area contributed by atoms with Crippen molar-refractivity contribution in [3.05, 3.63) is 18.5 Å². The predicted octanol–water partition coefficient (Wildman–Crippen LogP) is 0.789. The van der Waals surface area contributed by atoms with Crippen molar-refractivity contribution in [3.8, 4) is 0 Å². The van der Waals surface area contributed by atoms with Gasteiger partial charge in [0.15, 0.2) is 0 Å². The summed E-state index contributed by atoms with van der Waals surface area (Å²) in [4.78, 5) is 2.90. The Labute approximate surface area is 56.8 Å². The number of aromatic nitrogens is 2. The summed E-state index contributed by atoms with van der Waals surface area (Å²) in [5.41, 5.74) is 7.55. The minimum absolute atomic E-state index is 0.558. The van der Waals surface area contributed by atoms with Crippen molar-refractivity contribution in [1.82, 2.24) is 9.71 Å². The minimum atomic E-state index is 0.558. The number of H-pyrrole nitrogens is 1. The molecule has 10 heavy (non-hydrogen) atoms. The SMILES string of the molecule is Nc1cn(O)c2cc[nH]c12. The zero-order valence-corrected chi connectivity index (χ0v) is 5.20. The van der Waals surface area contributed by atoms with E-state index in [-0.39, 0.29) is 0 Å². The molecule has 4 N–H and O–H groups in total. The van der Waals surface area contributed by atoms with Gasteiger partial charge in [0.05, 0.1) is 17.4 Å². The highest BCUT2D eigenvalue weighted by atomic mass is 16.5. The molecular weight excluding hydrogens is 130 g/mol. The fraction of sp³-hybridized carbons (Fsp3) is 0. The average molecular weight is 137 g/mol. The number of hydrogen-bond donors (Lipinski definition) is 3. The maximum atomic E-state index is 9.10. The third kappa shape index (κ3) is 0.452. The largest absolute Gasteiger partial charge is 0.428 e. The summed E-state index contributed by atoms with van der Waals surface area (Å²) in [6.45, 7) is 0. The van der Waals surface area contributed by atoms with Gasteiger partial charge in [0.25, 0.3) is 0 Å². The summed E-state index contributed by atoms with van der Waals surface area (Å²) >= 11 is 0. The molecule has 0 spiro atoms. The fourth-order valence-electron chi connectivity index (χ4n) is 1.05. The number of aromatic amines is 1. The van der Waals surface area contributed by atoms with E-state index in [0.717, 1.165) is 10.2 Å². The number of rotatable bonds is 0. The van der Waals surface area contributed by atoms with E-state index in [1.165, 1.54) is 6.20 Å². The lowest BCUT2D eigenvalue weighted by atomic mass is 10.4. The van der Waals surface area contributed by atoms with Gasteiger partial charge in [0.1, 0.15) is 5.52 Å². The Balaban J connectivity index is 2.98. The predicted molar refractivity (Wildman–Crippen MR) is 37.9 cm³/mol. The first-order chi connectivity index (χ1) is 4.79. The molecule has 52 valence electrons. The van der Waals surface area contributed by atoms with Crippen molar-refractivity contribution in [2.24, 2.45) is 0 Å². The number of fused-ring (bicyclic) bond motifs is 1. The molecule has 0 saturated heterocycles. The van der Waals surface area contributed by atoms with E-state index in [0.29, 0.717) is 11.2 Å². The molecule has 0 aliphatic heterocycles. The number of nitrogens with two attached hydrogens (primary N) is 1. The number of nitrogens with zero attached hydrogens (tertiary/aromatic N) is 1. The molecule has 0 aliphatic rings. The quantitative estimate of drug-likeness (QED) is 0.470. The molecule has 2 aromatic heterocycles. The van der Waals surface area contributed by atoms with E-state index in [9.17, 15) is 0 Å². The highest BCUT2D eigenvalue weighted by Gasteiger charge is 2.03. The second kappa shape index (κ2) is 1.47. The summed E-state index contributed by atoms with van der Waals surface area (Å²) in [5, 5.41) is 9.10. The molecule has 0 fully saturated rings. The Morgan fingerprint density at radius 3 is 3.10 bits per heavy atom. The molecule has 0 radical (unpaired) electrons. The van der Waals surface area contributed by atoms with E-state index < -0.39 is 0 Å². The Hall–Kier alpha value is -1.58. The lowest BCUT2D eigenvalue weighted by Gasteiger charge is -1.85. The summed E-state index contributed by atoms with van der Waals surface area (Å²) in [5.74, 6) is 0. The van der Waals surface area contributed by atoms with Gasteiger partial charge >= 0.3 is 0 Å². The van der Waals surface area contributed by atoms with Gasteiger partial charge in [0.2, 0.25) is 0 Å². The van der Waals surface area contributed by atoms with Crippen LogP contribution in [0.15, 0.2) is 18.5 Å². The molecule has 2 heterocycles. The van der Waals surface area contributed by atoms with Gasteiger partial charge in [0, 0.05) is 6.20 Å². The van der Waals surface area contributed by atoms with Gasteiger partial charge in [-0.2, -0.15) is 4.73 Å². The Morgan fingerprint density at radius 1 is 1.60 bits per heavy atom. The van der Waals surface area contributed by atoms with Gasteiger partial charge in [-0.25, -0.2) is 0 Å². The van der Waals surface area contributed by atoms with Crippen LogP contribution in [0.4, 0.5) is 5.69 Å². The molecule has 0 atom stereocenters. The molecule has 0 aromatic carbocycles. The maximum Gasteiger partial charge on any atom is 0.106 e. The molecule has 0 saturated carbocycles. The molecule has 2 rings (SSSR count). The Kier molecular flexibility index (Phi) is 0.768. The molecule has 2 aromatic rings. The molecular formula is C6H7N3O. The first-order valence-electron chi connectivity index (χ1n) is 2.92. The fourth-order valence-corrected chi connectivity index (χ4v) is 1.05. The van der Waals surface area contributed by atoms with E-state index >= 15 is 0 Å². The smallest absolute Gasteiger partial charge is 0.106 e. The number of hydrogen-bond acceptors (Lipinski definition) is 2. The van der Waals surface area contributed by atoms with Gasteiger partial charge in [-0.3, -0.25) is 0 Å². The normalized spacial score (nSPS) is 10.8. The summed E-state index contributed by atoms with van der Waals surface area (Å²) in [6, 6.07) is 1.76. The lowest BCUT2D eigenvalue weighted by Crippen LogP contribution is -1.84. The molecule has 4 nitrogen and oxygen atoms in total. The lowest BCUT2D eigenvalue weighted by molar-refractivity contribution is 0.200. The van der Waals surface area contributed by atoms with Crippen molar-refractivity contribution < 1.29 is 5.21 Å². The average Bonchev–Trinajstić information content (AvgIpc) is 2.39. The van der Waals surface area contributed by atoms with Gasteiger partial charge in [-0.15, -0.1) is 0 Å². The van der Waals surface area contributed by atoms with Crippen LogP contribution in [0.3, 0.4) is 0 Å². The van der Waals surface area contributed by atoms with Crippen LogP contribution >= 0.6 is 0 Å². The molecule has 0 unspecified atom stereocenters. The van der Waals surface area contributed by atoms with Crippen molar-refractivity contribution in [2.75, 3.05) is 5.73 Å². The van der Waals surface area contributed by atoms with E-state index in [1.807, 2.05) is 0 Å². The van der Waals surface area contributed by atoms with Crippen molar-refractivity contribution >= 4 is 16.7 Å². The molecule has 4 heteroatoms. The summed E-state index contributed by atoms with van der Waals surface area (Å²) < 4.78 is 1.00.